The highest BCUT2D eigenvalue weighted by molar-refractivity contribution is 7.90. The molecule has 0 aromatic carbocycles. The van der Waals surface area contributed by atoms with Crippen LogP contribution in [-0.4, -0.2) is 46.9 Å². The number of hydrogen-bond acceptors (Lipinski definition) is 6. The van der Waals surface area contributed by atoms with E-state index >= 15 is 0 Å². The number of nitrogens with zero attached hydrogens (tertiary/aromatic N) is 3. The molecule has 3 N–H and O–H groups in total. The molecule has 1 atom stereocenters. The van der Waals surface area contributed by atoms with E-state index in [0.29, 0.717) is 12.4 Å². The molecule has 17 heavy (non-hydrogen) atoms. The number of hydrogen-bond donors (Lipinski definition) is 3. The fourth-order valence-corrected chi connectivity index (χ4v) is 2.01. The Hall–Kier alpha value is -1.06. The van der Waals surface area contributed by atoms with E-state index in [2.05, 4.69) is 30.7 Å². The molecule has 0 bridgehead atoms. The van der Waals surface area contributed by atoms with Gasteiger partial charge in [-0.25, -0.2) is 13.1 Å². The second kappa shape index (κ2) is 6.03. The van der Waals surface area contributed by atoms with E-state index in [-0.39, 0.29) is 12.6 Å². The van der Waals surface area contributed by atoms with Crippen molar-refractivity contribution in [3.63, 3.8) is 0 Å². The van der Waals surface area contributed by atoms with Crippen LogP contribution in [0, 0.1) is 0 Å². The minimum absolute atomic E-state index is 0.0465. The third kappa shape index (κ3) is 4.75. The Labute approximate surface area is 101 Å². The summed E-state index contributed by atoms with van der Waals surface area (Å²) in [4.78, 5) is 0. The summed E-state index contributed by atoms with van der Waals surface area (Å²) >= 11 is 0. The van der Waals surface area contributed by atoms with Gasteiger partial charge in [-0.3, -0.25) is 0 Å². The van der Waals surface area contributed by atoms with Crippen LogP contribution >= 0.6 is 0 Å². The van der Waals surface area contributed by atoms with Crippen molar-refractivity contribution in [2.45, 2.75) is 38.6 Å². The molecular weight excluding hydrogens is 244 g/mol. The number of tetrazole rings is 1. The molecule has 0 aliphatic heterocycles. The molecule has 0 aliphatic rings. The van der Waals surface area contributed by atoms with Gasteiger partial charge in [-0.2, -0.15) is 5.21 Å². The maximum atomic E-state index is 11.8. The lowest BCUT2D eigenvalue weighted by atomic mass is 10.3. The molecular formula is C8H18N6O2S. The molecule has 0 aliphatic carbocycles. The highest BCUT2D eigenvalue weighted by Crippen LogP contribution is 1.98. The lowest BCUT2D eigenvalue weighted by Crippen LogP contribution is -2.40. The molecule has 0 saturated heterocycles. The maximum Gasteiger partial charge on any atom is 0.215 e. The molecule has 1 unspecified atom stereocenters. The van der Waals surface area contributed by atoms with Crippen LogP contribution < -0.4 is 10.0 Å². The molecule has 0 spiro atoms. The van der Waals surface area contributed by atoms with Crippen molar-refractivity contribution in [2.24, 2.45) is 0 Å². The summed E-state index contributed by atoms with van der Waals surface area (Å²) in [6.07, 6.45) is 0. The van der Waals surface area contributed by atoms with E-state index in [1.165, 1.54) is 0 Å². The van der Waals surface area contributed by atoms with E-state index in [1.54, 1.807) is 6.92 Å². The predicted molar refractivity (Wildman–Crippen MR) is 62.5 cm³/mol. The topological polar surface area (TPSA) is 113 Å². The van der Waals surface area contributed by atoms with Crippen molar-refractivity contribution in [2.75, 3.05) is 6.54 Å². The molecule has 8 nitrogen and oxygen atoms in total. The summed E-state index contributed by atoms with van der Waals surface area (Å²) in [6.45, 7) is 6.02. The van der Waals surface area contributed by atoms with Crippen LogP contribution in [0.5, 0.6) is 0 Å². The quantitative estimate of drug-likeness (QED) is 0.581. The summed E-state index contributed by atoms with van der Waals surface area (Å²) in [7, 11) is -3.37. The van der Waals surface area contributed by atoms with E-state index in [4.69, 9.17) is 0 Å². The van der Waals surface area contributed by atoms with Crippen LogP contribution in [0.25, 0.3) is 0 Å². The molecule has 1 heterocycles. The SMILES string of the molecule is CC(C)NCC(C)S(=O)(=O)NCc1nn[nH]n1. The van der Waals surface area contributed by atoms with E-state index in [9.17, 15) is 8.42 Å². The lowest BCUT2D eigenvalue weighted by Gasteiger charge is -2.15. The number of sulfonamides is 1. The Kier molecular flexibility index (Phi) is 4.97. The molecule has 0 saturated carbocycles. The van der Waals surface area contributed by atoms with Gasteiger partial charge in [0.25, 0.3) is 0 Å². The number of rotatable bonds is 7. The van der Waals surface area contributed by atoms with E-state index in [1.807, 2.05) is 13.8 Å². The van der Waals surface area contributed by atoms with Crippen molar-refractivity contribution in [1.82, 2.24) is 30.7 Å². The van der Waals surface area contributed by atoms with Crippen LogP contribution in [-0.2, 0) is 16.6 Å². The van der Waals surface area contributed by atoms with Crippen molar-refractivity contribution < 1.29 is 8.42 Å². The van der Waals surface area contributed by atoms with Gasteiger partial charge in [-0.1, -0.05) is 19.1 Å². The molecule has 1 rings (SSSR count). The van der Waals surface area contributed by atoms with Gasteiger partial charge in [0, 0.05) is 12.6 Å². The zero-order valence-corrected chi connectivity index (χ0v) is 11.0. The van der Waals surface area contributed by atoms with Gasteiger partial charge in [0.05, 0.1) is 11.8 Å². The zero-order chi connectivity index (χ0) is 12.9. The van der Waals surface area contributed by atoms with Crippen molar-refractivity contribution >= 4 is 10.0 Å². The van der Waals surface area contributed by atoms with Crippen LogP contribution in [0.3, 0.4) is 0 Å². The van der Waals surface area contributed by atoms with Crippen LogP contribution in [0.4, 0.5) is 0 Å². The van der Waals surface area contributed by atoms with Gasteiger partial charge < -0.3 is 5.32 Å². The first-order valence-electron chi connectivity index (χ1n) is 5.36. The second-order valence-electron chi connectivity index (χ2n) is 4.07. The summed E-state index contributed by atoms with van der Waals surface area (Å²) in [5.41, 5.74) is 0. The van der Waals surface area contributed by atoms with Crippen LogP contribution in [0.2, 0.25) is 0 Å². The summed E-state index contributed by atoms with van der Waals surface area (Å²) in [5.74, 6) is 0.317. The summed E-state index contributed by atoms with van der Waals surface area (Å²) in [5, 5.41) is 15.5. The first kappa shape index (κ1) is 14.0. The maximum absolute atomic E-state index is 11.8. The fraction of sp³-hybridized carbons (Fsp3) is 0.875. The van der Waals surface area contributed by atoms with Crippen LogP contribution in [0.1, 0.15) is 26.6 Å². The standard InChI is InChI=1S/C8H18N6O2S/c1-6(2)9-4-7(3)17(15,16)10-5-8-11-13-14-12-8/h6-7,9-10H,4-5H2,1-3H3,(H,11,12,13,14). The summed E-state index contributed by atoms with van der Waals surface area (Å²) in [6, 6.07) is 0.254. The Morgan fingerprint density at radius 2 is 2.06 bits per heavy atom. The van der Waals surface area contributed by atoms with Gasteiger partial charge in [-0.05, 0) is 6.92 Å². The normalized spacial score (nSPS) is 14.1. The molecule has 0 radical (unpaired) electrons. The molecule has 9 heteroatoms. The molecule has 1 aromatic heterocycles. The summed E-state index contributed by atoms with van der Waals surface area (Å²) < 4.78 is 26.0. The monoisotopic (exact) mass is 262 g/mol. The molecule has 0 amide bonds. The smallest absolute Gasteiger partial charge is 0.215 e. The predicted octanol–water partition coefficient (Wildman–Crippen LogP) is -0.994. The Morgan fingerprint density at radius 3 is 2.59 bits per heavy atom. The van der Waals surface area contributed by atoms with Gasteiger partial charge in [0.15, 0.2) is 5.82 Å². The third-order valence-electron chi connectivity index (χ3n) is 2.16. The number of nitrogens with one attached hydrogen (secondary N) is 3. The van der Waals surface area contributed by atoms with Crippen molar-refractivity contribution in [3.05, 3.63) is 5.82 Å². The second-order valence-corrected chi connectivity index (χ2v) is 6.25. The highest BCUT2D eigenvalue weighted by atomic mass is 32.2. The largest absolute Gasteiger partial charge is 0.313 e. The number of aromatic nitrogens is 4. The Balaban J connectivity index is 2.44. The highest BCUT2D eigenvalue weighted by Gasteiger charge is 2.20. The lowest BCUT2D eigenvalue weighted by molar-refractivity contribution is 0.539. The first-order chi connectivity index (χ1) is 7.92. The number of H-pyrrole nitrogens is 1. The van der Waals surface area contributed by atoms with Gasteiger partial charge in [0.1, 0.15) is 0 Å². The zero-order valence-electron chi connectivity index (χ0n) is 10.1. The van der Waals surface area contributed by atoms with Gasteiger partial charge in [-0.15, -0.1) is 10.2 Å². The van der Waals surface area contributed by atoms with E-state index in [0.717, 1.165) is 0 Å². The minimum Gasteiger partial charge on any atom is -0.313 e. The van der Waals surface area contributed by atoms with Crippen LogP contribution in [0.15, 0.2) is 0 Å². The average molecular weight is 262 g/mol. The minimum atomic E-state index is -3.37. The van der Waals surface area contributed by atoms with Gasteiger partial charge in [0.2, 0.25) is 10.0 Å². The van der Waals surface area contributed by atoms with Crippen molar-refractivity contribution in [1.29, 1.82) is 0 Å². The first-order valence-corrected chi connectivity index (χ1v) is 6.90. The van der Waals surface area contributed by atoms with Crippen molar-refractivity contribution in [3.8, 4) is 0 Å². The molecule has 1 aromatic rings. The Morgan fingerprint density at radius 1 is 1.35 bits per heavy atom. The fourth-order valence-electron chi connectivity index (χ4n) is 1.08. The molecule has 98 valence electrons. The van der Waals surface area contributed by atoms with Gasteiger partial charge >= 0.3 is 0 Å². The average Bonchev–Trinajstić information content (AvgIpc) is 2.75. The molecule has 0 fully saturated rings. The van der Waals surface area contributed by atoms with E-state index < -0.39 is 15.3 Å². The number of aromatic amines is 1. The Bertz CT molecular complexity index is 415. The third-order valence-corrected chi connectivity index (χ3v) is 3.94.